The molecule has 0 aliphatic heterocycles. The van der Waals surface area contributed by atoms with Crippen molar-refractivity contribution in [3.05, 3.63) is 53.6 Å². The van der Waals surface area contributed by atoms with Crippen molar-refractivity contribution in [1.29, 1.82) is 0 Å². The lowest BCUT2D eigenvalue weighted by Crippen LogP contribution is -2.28. The van der Waals surface area contributed by atoms with Crippen LogP contribution in [0.25, 0.3) is 0 Å². The van der Waals surface area contributed by atoms with Crippen molar-refractivity contribution in [2.24, 2.45) is 0 Å². The van der Waals surface area contributed by atoms with Crippen LogP contribution < -0.4 is 5.32 Å². The summed E-state index contributed by atoms with van der Waals surface area (Å²) < 4.78 is 12.9. The average molecular weight is 289 g/mol. The number of carboxylic acids is 1. The lowest BCUT2D eigenvalue weighted by molar-refractivity contribution is 0.0696. The minimum Gasteiger partial charge on any atom is -0.478 e. The van der Waals surface area contributed by atoms with Crippen LogP contribution in [0.3, 0.4) is 0 Å². The lowest BCUT2D eigenvalue weighted by atomic mass is 9.84. The lowest BCUT2D eigenvalue weighted by Gasteiger charge is -2.25. The van der Waals surface area contributed by atoms with Gasteiger partial charge in [0.2, 0.25) is 5.95 Å². The summed E-state index contributed by atoms with van der Waals surface area (Å²) in [7, 11) is 0. The van der Waals surface area contributed by atoms with Crippen molar-refractivity contribution in [1.82, 2.24) is 9.97 Å². The number of anilines is 1. The molecule has 2 rings (SSSR count). The summed E-state index contributed by atoms with van der Waals surface area (Å²) in [5.74, 6) is -0.974. The molecule has 0 amide bonds. The van der Waals surface area contributed by atoms with Crippen molar-refractivity contribution < 1.29 is 14.3 Å². The van der Waals surface area contributed by atoms with Crippen LogP contribution in [0.4, 0.5) is 10.3 Å². The summed E-state index contributed by atoms with van der Waals surface area (Å²) in [6.07, 6.45) is 2.51. The number of aromatic nitrogens is 2. The van der Waals surface area contributed by atoms with Gasteiger partial charge in [-0.15, -0.1) is 0 Å². The zero-order valence-electron chi connectivity index (χ0n) is 11.8. The molecule has 0 saturated heterocycles. The second kappa shape index (κ2) is 5.87. The van der Waals surface area contributed by atoms with Gasteiger partial charge >= 0.3 is 5.97 Å². The maximum atomic E-state index is 12.9. The first kappa shape index (κ1) is 14.9. The van der Waals surface area contributed by atoms with E-state index in [-0.39, 0.29) is 16.8 Å². The molecule has 0 atom stereocenters. The van der Waals surface area contributed by atoms with Crippen LogP contribution in [-0.2, 0) is 5.41 Å². The van der Waals surface area contributed by atoms with Gasteiger partial charge in [-0.05, 0) is 17.7 Å². The molecule has 0 aliphatic rings. The molecule has 0 unspecified atom stereocenters. The van der Waals surface area contributed by atoms with Gasteiger partial charge in [0.25, 0.3) is 0 Å². The molecule has 0 fully saturated rings. The van der Waals surface area contributed by atoms with E-state index in [1.54, 1.807) is 12.1 Å². The van der Waals surface area contributed by atoms with Gasteiger partial charge in [-0.1, -0.05) is 26.0 Å². The third kappa shape index (κ3) is 3.75. The summed E-state index contributed by atoms with van der Waals surface area (Å²) in [6, 6.07) is 6.33. The predicted molar refractivity (Wildman–Crippen MR) is 76.9 cm³/mol. The van der Waals surface area contributed by atoms with Crippen LogP contribution >= 0.6 is 0 Å². The Kier molecular flexibility index (Phi) is 4.16. The van der Waals surface area contributed by atoms with Gasteiger partial charge in [-0.25, -0.2) is 19.2 Å². The zero-order valence-corrected chi connectivity index (χ0v) is 11.8. The Morgan fingerprint density at radius 2 is 1.81 bits per heavy atom. The highest BCUT2D eigenvalue weighted by Crippen LogP contribution is 2.23. The standard InChI is InChI=1S/C15H16FN3O2/c1-15(2,11-3-5-12(16)6-4-11)9-19-14-17-7-10(8-18-14)13(20)21/h3-8H,9H2,1-2H3,(H,20,21)(H,17,18,19). The summed E-state index contributed by atoms with van der Waals surface area (Å²) in [6.45, 7) is 4.56. The summed E-state index contributed by atoms with van der Waals surface area (Å²) in [5, 5.41) is 11.8. The van der Waals surface area contributed by atoms with E-state index in [1.165, 1.54) is 24.5 Å². The molecule has 0 bridgehead atoms. The van der Waals surface area contributed by atoms with E-state index < -0.39 is 5.97 Å². The SMILES string of the molecule is CC(C)(CNc1ncc(C(=O)O)cn1)c1ccc(F)cc1. The quantitative estimate of drug-likeness (QED) is 0.885. The summed E-state index contributed by atoms with van der Waals surface area (Å²) in [4.78, 5) is 18.6. The maximum absolute atomic E-state index is 12.9. The predicted octanol–water partition coefficient (Wildman–Crippen LogP) is 2.70. The van der Waals surface area contributed by atoms with E-state index in [0.717, 1.165) is 5.56 Å². The number of hydrogen-bond acceptors (Lipinski definition) is 4. The minimum atomic E-state index is -1.06. The van der Waals surface area contributed by atoms with Gasteiger partial charge in [0.05, 0.1) is 5.56 Å². The number of rotatable bonds is 5. The van der Waals surface area contributed by atoms with Crippen molar-refractivity contribution in [2.75, 3.05) is 11.9 Å². The molecule has 110 valence electrons. The number of hydrogen-bond donors (Lipinski definition) is 2. The second-order valence-electron chi connectivity index (χ2n) is 5.34. The molecule has 2 N–H and O–H groups in total. The molecular weight excluding hydrogens is 273 g/mol. The van der Waals surface area contributed by atoms with E-state index in [2.05, 4.69) is 15.3 Å². The van der Waals surface area contributed by atoms with E-state index >= 15 is 0 Å². The Labute approximate surface area is 121 Å². The fourth-order valence-electron chi connectivity index (χ4n) is 1.83. The number of aromatic carboxylic acids is 1. The molecule has 21 heavy (non-hydrogen) atoms. The molecule has 0 radical (unpaired) electrons. The number of halogens is 1. The maximum Gasteiger partial charge on any atom is 0.338 e. The van der Waals surface area contributed by atoms with Crippen LogP contribution in [0.5, 0.6) is 0 Å². The number of carbonyl (C=O) groups is 1. The molecular formula is C15H16FN3O2. The van der Waals surface area contributed by atoms with Gasteiger partial charge in [0.15, 0.2) is 0 Å². The van der Waals surface area contributed by atoms with Crippen LogP contribution in [0.2, 0.25) is 0 Å². The van der Waals surface area contributed by atoms with Crippen LogP contribution in [0.15, 0.2) is 36.7 Å². The molecule has 5 nitrogen and oxygen atoms in total. The Morgan fingerprint density at radius 3 is 2.33 bits per heavy atom. The molecule has 1 aromatic heterocycles. The Morgan fingerprint density at radius 1 is 1.24 bits per heavy atom. The first-order chi connectivity index (χ1) is 9.88. The number of nitrogens with one attached hydrogen (secondary N) is 1. The minimum absolute atomic E-state index is 0.0401. The van der Waals surface area contributed by atoms with Crippen molar-refractivity contribution in [2.45, 2.75) is 19.3 Å². The smallest absolute Gasteiger partial charge is 0.338 e. The normalized spacial score (nSPS) is 11.2. The monoisotopic (exact) mass is 289 g/mol. The molecule has 1 heterocycles. The fourth-order valence-corrected chi connectivity index (χ4v) is 1.83. The molecule has 6 heteroatoms. The fraction of sp³-hybridized carbons (Fsp3) is 0.267. The molecule has 0 spiro atoms. The average Bonchev–Trinajstić information content (AvgIpc) is 2.46. The number of carboxylic acid groups (broad SMARTS) is 1. The van der Waals surface area contributed by atoms with E-state index in [0.29, 0.717) is 12.5 Å². The summed E-state index contributed by atoms with van der Waals surface area (Å²) >= 11 is 0. The highest BCUT2D eigenvalue weighted by Gasteiger charge is 2.20. The topological polar surface area (TPSA) is 75.1 Å². The van der Waals surface area contributed by atoms with Gasteiger partial charge in [0.1, 0.15) is 5.82 Å². The molecule has 0 saturated carbocycles. The first-order valence-corrected chi connectivity index (χ1v) is 6.44. The third-order valence-corrected chi connectivity index (χ3v) is 3.21. The van der Waals surface area contributed by atoms with Gasteiger partial charge in [-0.3, -0.25) is 0 Å². The Balaban J connectivity index is 2.04. The summed E-state index contributed by atoms with van der Waals surface area (Å²) in [5.41, 5.74) is 0.777. The van der Waals surface area contributed by atoms with Crippen LogP contribution in [0.1, 0.15) is 29.8 Å². The van der Waals surface area contributed by atoms with Gasteiger partial charge in [-0.2, -0.15) is 0 Å². The van der Waals surface area contributed by atoms with Crippen molar-refractivity contribution in [3.8, 4) is 0 Å². The Hall–Kier alpha value is -2.50. The molecule has 0 aliphatic carbocycles. The number of benzene rings is 1. The van der Waals surface area contributed by atoms with Crippen molar-refractivity contribution in [3.63, 3.8) is 0 Å². The van der Waals surface area contributed by atoms with E-state index in [1.807, 2.05) is 13.8 Å². The molecule has 2 aromatic rings. The third-order valence-electron chi connectivity index (χ3n) is 3.21. The van der Waals surface area contributed by atoms with Gasteiger partial charge < -0.3 is 10.4 Å². The zero-order chi connectivity index (χ0) is 15.5. The van der Waals surface area contributed by atoms with Gasteiger partial charge in [0, 0.05) is 24.4 Å². The number of nitrogens with zero attached hydrogens (tertiary/aromatic N) is 2. The second-order valence-corrected chi connectivity index (χ2v) is 5.34. The van der Waals surface area contributed by atoms with Crippen molar-refractivity contribution >= 4 is 11.9 Å². The largest absolute Gasteiger partial charge is 0.478 e. The molecule has 1 aromatic carbocycles. The van der Waals surface area contributed by atoms with Crippen LogP contribution in [-0.4, -0.2) is 27.6 Å². The first-order valence-electron chi connectivity index (χ1n) is 6.44. The highest BCUT2D eigenvalue weighted by molar-refractivity contribution is 5.86. The Bertz CT molecular complexity index is 624. The van der Waals surface area contributed by atoms with E-state index in [4.69, 9.17) is 5.11 Å². The highest BCUT2D eigenvalue weighted by atomic mass is 19.1. The van der Waals surface area contributed by atoms with Crippen LogP contribution in [0, 0.1) is 5.82 Å². The van der Waals surface area contributed by atoms with E-state index in [9.17, 15) is 9.18 Å².